The number of hydrogen-bond acceptors (Lipinski definition) is 5. The Balaban J connectivity index is 1.40. The molecule has 2 aliphatic rings. The van der Waals surface area contributed by atoms with Crippen molar-refractivity contribution in [3.63, 3.8) is 0 Å². The fourth-order valence-electron chi connectivity index (χ4n) is 4.81. The van der Waals surface area contributed by atoms with Crippen LogP contribution < -0.4 is 5.32 Å². The van der Waals surface area contributed by atoms with Crippen molar-refractivity contribution in [1.82, 2.24) is 24.4 Å². The smallest absolute Gasteiger partial charge is 0.284 e. The topological polar surface area (TPSA) is 86.3 Å². The van der Waals surface area contributed by atoms with E-state index >= 15 is 0 Å². The molecule has 1 saturated carbocycles. The van der Waals surface area contributed by atoms with E-state index in [0.717, 1.165) is 44.2 Å². The third-order valence-electron chi connectivity index (χ3n) is 6.85. The van der Waals surface area contributed by atoms with Gasteiger partial charge in [-0.3, -0.25) is 9.48 Å². The van der Waals surface area contributed by atoms with Gasteiger partial charge in [0.2, 0.25) is 0 Å². The summed E-state index contributed by atoms with van der Waals surface area (Å²) in [5.74, 6) is 0.372. The van der Waals surface area contributed by atoms with Gasteiger partial charge >= 0.3 is 0 Å². The number of nitrogens with zero attached hydrogens (tertiary/aromatic N) is 5. The van der Waals surface area contributed by atoms with Gasteiger partial charge in [-0.15, -0.1) is 0 Å². The Bertz CT molecular complexity index is 1130. The number of fused-ring (bicyclic) bond motifs is 1. The fraction of sp³-hybridized carbons (Fsp3) is 0.565. The molecule has 5 rings (SSSR count). The van der Waals surface area contributed by atoms with Gasteiger partial charge in [-0.25, -0.2) is 18.3 Å². The molecule has 2 fully saturated rings. The van der Waals surface area contributed by atoms with Crippen LogP contribution >= 0.6 is 0 Å². The highest BCUT2D eigenvalue weighted by atomic mass is 19.3. The molecule has 0 aromatic carbocycles. The van der Waals surface area contributed by atoms with Crippen molar-refractivity contribution in [3.05, 3.63) is 41.6 Å². The monoisotopic (exact) mass is 458 g/mol. The fourth-order valence-corrected chi connectivity index (χ4v) is 4.81. The Kier molecular flexibility index (Phi) is 6.09. The molecule has 1 amide bonds. The van der Waals surface area contributed by atoms with Crippen molar-refractivity contribution in [3.8, 4) is 0 Å². The minimum absolute atomic E-state index is 0.0357. The highest BCUT2D eigenvalue weighted by molar-refractivity contribution is 6.08. The number of halogens is 2. The van der Waals surface area contributed by atoms with E-state index < -0.39 is 18.0 Å². The first-order valence-electron chi connectivity index (χ1n) is 11.6. The quantitative estimate of drug-likeness (QED) is 0.596. The second-order valence-corrected chi connectivity index (χ2v) is 9.14. The number of amides is 1. The molecule has 0 spiro atoms. The molecule has 1 aliphatic heterocycles. The SMILES string of the molecule is C[C@H]1CC[C@H](n2cc(NC(=O)c3cnn4ccc(C5CCOCC5)nc34)c(C(F)F)n2)CC1. The molecule has 1 aliphatic carbocycles. The van der Waals surface area contributed by atoms with Gasteiger partial charge in [0.05, 0.1) is 17.9 Å². The van der Waals surface area contributed by atoms with Crippen LogP contribution in [0.1, 0.15) is 85.6 Å². The van der Waals surface area contributed by atoms with Crippen molar-refractivity contribution in [1.29, 1.82) is 0 Å². The van der Waals surface area contributed by atoms with Crippen molar-refractivity contribution < 1.29 is 18.3 Å². The molecular weight excluding hydrogens is 430 g/mol. The Morgan fingerprint density at radius 2 is 1.94 bits per heavy atom. The highest BCUT2D eigenvalue weighted by Crippen LogP contribution is 2.34. The number of rotatable bonds is 5. The van der Waals surface area contributed by atoms with Crippen LogP contribution in [0.5, 0.6) is 0 Å². The third kappa shape index (κ3) is 4.48. The summed E-state index contributed by atoms with van der Waals surface area (Å²) < 4.78 is 36.0. The first kappa shape index (κ1) is 21.9. The molecule has 1 N–H and O–H groups in total. The van der Waals surface area contributed by atoms with E-state index in [1.54, 1.807) is 10.9 Å². The average molecular weight is 459 g/mol. The molecule has 33 heavy (non-hydrogen) atoms. The highest BCUT2D eigenvalue weighted by Gasteiger charge is 2.27. The van der Waals surface area contributed by atoms with E-state index in [9.17, 15) is 13.6 Å². The number of carbonyl (C=O) groups is 1. The zero-order valence-corrected chi connectivity index (χ0v) is 18.6. The molecular formula is C23H28F2N6O2. The Morgan fingerprint density at radius 1 is 1.18 bits per heavy atom. The zero-order valence-electron chi connectivity index (χ0n) is 18.6. The number of aromatic nitrogens is 5. The summed E-state index contributed by atoms with van der Waals surface area (Å²) in [4.78, 5) is 17.8. The third-order valence-corrected chi connectivity index (χ3v) is 6.85. The van der Waals surface area contributed by atoms with Gasteiger partial charge in [0, 0.05) is 37.2 Å². The molecule has 1 saturated heterocycles. The maximum Gasteiger partial charge on any atom is 0.284 e. The molecule has 0 unspecified atom stereocenters. The minimum Gasteiger partial charge on any atom is -0.381 e. The predicted molar refractivity (Wildman–Crippen MR) is 118 cm³/mol. The van der Waals surface area contributed by atoms with Crippen LogP contribution in [0, 0.1) is 5.92 Å². The second kappa shape index (κ2) is 9.17. The van der Waals surface area contributed by atoms with Crippen LogP contribution in [0.3, 0.4) is 0 Å². The summed E-state index contributed by atoms with van der Waals surface area (Å²) in [5.41, 5.74) is 1.16. The van der Waals surface area contributed by atoms with Gasteiger partial charge in [0.25, 0.3) is 12.3 Å². The molecule has 176 valence electrons. The predicted octanol–water partition coefficient (Wildman–Crippen LogP) is 4.76. The van der Waals surface area contributed by atoms with E-state index in [-0.39, 0.29) is 23.2 Å². The lowest BCUT2D eigenvalue weighted by molar-refractivity contribution is 0.0845. The Hall–Kier alpha value is -2.88. The van der Waals surface area contributed by atoms with Gasteiger partial charge in [-0.1, -0.05) is 6.92 Å². The lowest BCUT2D eigenvalue weighted by Gasteiger charge is -2.26. The van der Waals surface area contributed by atoms with Crippen LogP contribution in [0.15, 0.2) is 24.7 Å². The van der Waals surface area contributed by atoms with Crippen LogP contribution in [-0.2, 0) is 4.74 Å². The number of nitrogens with one attached hydrogen (secondary N) is 1. The lowest BCUT2D eigenvalue weighted by atomic mass is 9.87. The molecule has 0 atom stereocenters. The van der Waals surface area contributed by atoms with Crippen LogP contribution in [-0.4, -0.2) is 43.5 Å². The lowest BCUT2D eigenvalue weighted by Crippen LogP contribution is -2.17. The largest absolute Gasteiger partial charge is 0.381 e. The maximum absolute atomic E-state index is 13.7. The van der Waals surface area contributed by atoms with Crippen LogP contribution in [0.25, 0.3) is 5.65 Å². The van der Waals surface area contributed by atoms with E-state index in [0.29, 0.717) is 24.8 Å². The normalized spacial score (nSPS) is 22.2. The van der Waals surface area contributed by atoms with Gasteiger partial charge in [0.1, 0.15) is 5.56 Å². The Morgan fingerprint density at radius 3 is 2.67 bits per heavy atom. The minimum atomic E-state index is -2.79. The number of anilines is 1. The van der Waals surface area contributed by atoms with Gasteiger partial charge in [-0.05, 0) is 50.5 Å². The Labute approximate surface area is 190 Å². The molecule has 10 heteroatoms. The summed E-state index contributed by atoms with van der Waals surface area (Å²) in [6, 6.07) is 1.98. The van der Waals surface area contributed by atoms with E-state index in [4.69, 9.17) is 4.74 Å². The number of hydrogen-bond donors (Lipinski definition) is 1. The maximum atomic E-state index is 13.7. The summed E-state index contributed by atoms with van der Waals surface area (Å²) >= 11 is 0. The van der Waals surface area contributed by atoms with E-state index in [1.165, 1.54) is 16.9 Å². The molecule has 0 bridgehead atoms. The molecule has 3 aromatic rings. The first-order valence-corrected chi connectivity index (χ1v) is 11.6. The number of ether oxygens (including phenoxy) is 1. The second-order valence-electron chi connectivity index (χ2n) is 9.14. The summed E-state index contributed by atoms with van der Waals surface area (Å²) in [6.07, 6.45) is 7.55. The van der Waals surface area contributed by atoms with Crippen LogP contribution in [0.2, 0.25) is 0 Å². The van der Waals surface area contributed by atoms with Crippen molar-refractivity contribution >= 4 is 17.2 Å². The van der Waals surface area contributed by atoms with Gasteiger partial charge in [0.15, 0.2) is 11.3 Å². The molecule has 3 aromatic heterocycles. The number of carbonyl (C=O) groups excluding carboxylic acids is 1. The summed E-state index contributed by atoms with van der Waals surface area (Å²) in [7, 11) is 0. The van der Waals surface area contributed by atoms with Crippen LogP contribution in [0.4, 0.5) is 14.5 Å². The zero-order chi connectivity index (χ0) is 22.9. The van der Waals surface area contributed by atoms with Crippen molar-refractivity contribution in [2.45, 2.75) is 63.8 Å². The van der Waals surface area contributed by atoms with Crippen molar-refractivity contribution in [2.75, 3.05) is 18.5 Å². The number of alkyl halides is 2. The van der Waals surface area contributed by atoms with Gasteiger partial charge in [-0.2, -0.15) is 10.2 Å². The van der Waals surface area contributed by atoms with E-state index in [2.05, 4.69) is 27.4 Å². The van der Waals surface area contributed by atoms with Crippen molar-refractivity contribution in [2.24, 2.45) is 5.92 Å². The average Bonchev–Trinajstić information content (AvgIpc) is 3.44. The molecule has 4 heterocycles. The standard InChI is InChI=1S/C23H28F2N6O2/c1-14-2-4-16(5-3-14)31-13-19(20(29-31)21(24)25)28-23(32)17-12-26-30-9-6-18(27-22(17)30)15-7-10-33-11-8-15/h6,9,12-16,21H,2-5,7-8,10-11H2,1H3,(H,28,32)/t14-,16-. The van der Waals surface area contributed by atoms with Gasteiger partial charge < -0.3 is 10.1 Å². The summed E-state index contributed by atoms with van der Waals surface area (Å²) in [6.45, 7) is 3.57. The van der Waals surface area contributed by atoms with E-state index in [1.807, 2.05) is 6.07 Å². The molecule has 0 radical (unpaired) electrons. The summed E-state index contributed by atoms with van der Waals surface area (Å²) in [5, 5.41) is 11.0. The molecule has 8 nitrogen and oxygen atoms in total. The first-order chi connectivity index (χ1) is 16.0.